The van der Waals surface area contributed by atoms with Crippen molar-refractivity contribution in [1.82, 2.24) is 54.4 Å². The molecule has 0 aliphatic carbocycles. The van der Waals surface area contributed by atoms with E-state index in [0.29, 0.717) is 22.5 Å². The number of aromatic nitrogens is 11. The van der Waals surface area contributed by atoms with Crippen LogP contribution in [0.2, 0.25) is 0 Å². The van der Waals surface area contributed by atoms with Crippen LogP contribution in [-0.4, -0.2) is 66.0 Å². The van der Waals surface area contributed by atoms with E-state index in [4.69, 9.17) is 19.7 Å². The number of H-pyrrole nitrogens is 2. The molecule has 3 aromatic carbocycles. The number of nitrogens with one attached hydrogen (secondary N) is 2. The molecule has 0 unspecified atom stereocenters. The molecule has 0 saturated heterocycles. The highest BCUT2D eigenvalue weighted by Gasteiger charge is 2.24. The van der Waals surface area contributed by atoms with Gasteiger partial charge in [0.2, 0.25) is 0 Å². The van der Waals surface area contributed by atoms with Crippen molar-refractivity contribution in [2.45, 2.75) is 78.1 Å². The third-order valence-corrected chi connectivity index (χ3v) is 11.9. The van der Waals surface area contributed by atoms with Crippen LogP contribution >= 0.6 is 0 Å². The number of hydrogen-bond acceptors (Lipinski definition) is 13. The first-order valence-electron chi connectivity index (χ1n) is 24.1. The average Bonchev–Trinajstić information content (AvgIpc) is 4.03. The molecule has 0 bridgehead atoms. The van der Waals surface area contributed by atoms with Gasteiger partial charge < -0.3 is 19.4 Å². The van der Waals surface area contributed by atoms with Gasteiger partial charge in [0.25, 0.3) is 11.1 Å². The Kier molecular flexibility index (Phi) is 14.6. The van der Waals surface area contributed by atoms with Gasteiger partial charge >= 0.3 is 0 Å². The van der Waals surface area contributed by atoms with Gasteiger partial charge in [0.15, 0.2) is 22.8 Å². The number of rotatable bonds is 14. The maximum Gasteiger partial charge on any atom is 0.268 e. The zero-order valence-corrected chi connectivity index (χ0v) is 42.3. The lowest BCUT2D eigenvalue weighted by Gasteiger charge is -2.14. The Morgan fingerprint density at radius 3 is 1.38 bits per heavy atom. The Balaban J connectivity index is 0.000000186. The molecule has 0 saturated carbocycles. The quantitative estimate of drug-likeness (QED) is 0.104. The van der Waals surface area contributed by atoms with Crippen LogP contribution in [0, 0.1) is 11.6 Å². The standard InChI is InChI=1S/C29H26FN5O3.C28H25FN6O3/c1-29(2,3)25-15-20(35(34-25)19-7-5-4-6-8-19)14-21(36)13-18-9-10-22(16-23(18)30)38-24-11-12-31-28-27(24)32-17-26(37)33-28;1-28(2,3)24-14-19(35(34-24)18-6-9-30-10-7-18)13-20(36)12-17-4-5-21(15-22(17)29)38-23-8-11-31-27-26(23)32-16-25(37)33-27/h4-12,15-17H,13-14H2,1-3H3,(H,31,33,37);4-11,14-16H,12-13H2,1-3H3,(H,31,33,37). The van der Waals surface area contributed by atoms with E-state index in [1.54, 1.807) is 46.0 Å². The molecule has 17 nitrogen and oxygen atoms in total. The third kappa shape index (κ3) is 12.2. The summed E-state index contributed by atoms with van der Waals surface area (Å²) in [5, 5.41) is 9.48. The molecule has 76 heavy (non-hydrogen) atoms. The molecule has 2 N–H and O–H groups in total. The smallest absolute Gasteiger partial charge is 0.268 e. The largest absolute Gasteiger partial charge is 0.455 e. The molecule has 19 heteroatoms. The summed E-state index contributed by atoms with van der Waals surface area (Å²) >= 11 is 0. The van der Waals surface area contributed by atoms with E-state index in [-0.39, 0.29) is 93.1 Å². The van der Waals surface area contributed by atoms with Crippen LogP contribution in [0.3, 0.4) is 0 Å². The van der Waals surface area contributed by atoms with Gasteiger partial charge in [-0.25, -0.2) is 38.1 Å². The molecule has 0 fully saturated rings. The normalized spacial score (nSPS) is 11.6. The molecule has 10 aromatic rings. The maximum absolute atomic E-state index is 15.0. The summed E-state index contributed by atoms with van der Waals surface area (Å²) in [6.07, 6.45) is 8.56. The number of Topliss-reactive ketones (excluding diaryl/α,β-unsaturated/α-hetero) is 2. The lowest BCUT2D eigenvalue weighted by Crippen LogP contribution is -2.13. The van der Waals surface area contributed by atoms with Crippen molar-refractivity contribution >= 4 is 33.9 Å². The fourth-order valence-corrected chi connectivity index (χ4v) is 8.02. The van der Waals surface area contributed by atoms with Crippen molar-refractivity contribution < 1.29 is 27.8 Å². The summed E-state index contributed by atoms with van der Waals surface area (Å²) < 4.78 is 45.1. The number of nitrogens with zero attached hydrogens (tertiary/aromatic N) is 9. The van der Waals surface area contributed by atoms with Crippen LogP contribution in [0.25, 0.3) is 33.7 Å². The van der Waals surface area contributed by atoms with Gasteiger partial charge in [-0.3, -0.25) is 24.2 Å². The van der Waals surface area contributed by atoms with Gasteiger partial charge in [-0.05, 0) is 59.7 Å². The number of aromatic amines is 2. The minimum absolute atomic E-state index is 0.0715. The highest BCUT2D eigenvalue weighted by atomic mass is 19.1. The van der Waals surface area contributed by atoms with Crippen LogP contribution in [0.1, 0.15) is 75.4 Å². The number of pyridine rings is 3. The molecule has 0 atom stereocenters. The van der Waals surface area contributed by atoms with Gasteiger partial charge in [0, 0.05) is 85.6 Å². The Labute approximate surface area is 433 Å². The van der Waals surface area contributed by atoms with Crippen molar-refractivity contribution in [2.24, 2.45) is 0 Å². The highest BCUT2D eigenvalue weighted by molar-refractivity contribution is 5.84. The summed E-state index contributed by atoms with van der Waals surface area (Å²) in [7, 11) is 0. The number of halogens is 2. The predicted octanol–water partition coefficient (Wildman–Crippen LogP) is 9.57. The molecule has 7 aromatic heterocycles. The summed E-state index contributed by atoms with van der Waals surface area (Å²) in [5.41, 5.74) is 5.44. The molecule has 0 aliphatic rings. The van der Waals surface area contributed by atoms with E-state index in [1.807, 2.05) is 54.6 Å². The van der Waals surface area contributed by atoms with Crippen molar-refractivity contribution in [3.63, 3.8) is 0 Å². The molecular formula is C57H51F2N11O6. The number of hydrogen-bond donors (Lipinski definition) is 2. The second-order valence-corrected chi connectivity index (χ2v) is 19.9. The van der Waals surface area contributed by atoms with E-state index in [2.05, 4.69) is 76.4 Å². The number of para-hydroxylation sites is 1. The van der Waals surface area contributed by atoms with Crippen molar-refractivity contribution in [1.29, 1.82) is 0 Å². The average molecular weight is 1020 g/mol. The number of fused-ring (bicyclic) bond motifs is 2. The third-order valence-electron chi connectivity index (χ3n) is 11.9. The highest BCUT2D eigenvalue weighted by Crippen LogP contribution is 2.31. The lowest BCUT2D eigenvalue weighted by molar-refractivity contribution is -0.118. The Bertz CT molecular complexity index is 3630. The molecular weight excluding hydrogens is 973 g/mol. The van der Waals surface area contributed by atoms with Gasteiger partial charge in [0.05, 0.1) is 46.5 Å². The van der Waals surface area contributed by atoms with E-state index < -0.39 is 11.6 Å². The van der Waals surface area contributed by atoms with Gasteiger partial charge in [-0.15, -0.1) is 0 Å². The Hall–Kier alpha value is -9.39. The summed E-state index contributed by atoms with van der Waals surface area (Å²) in [5.74, 6) is -0.311. The molecule has 0 aliphatic heterocycles. The van der Waals surface area contributed by atoms with Crippen LogP contribution < -0.4 is 20.6 Å². The lowest BCUT2D eigenvalue weighted by atomic mass is 9.92. The van der Waals surface area contributed by atoms with Crippen molar-refractivity contribution in [3.05, 3.63) is 207 Å². The van der Waals surface area contributed by atoms with Crippen molar-refractivity contribution in [2.75, 3.05) is 0 Å². The van der Waals surface area contributed by atoms with Crippen LogP contribution in [-0.2, 0) is 46.1 Å². The fourth-order valence-electron chi connectivity index (χ4n) is 8.02. The van der Waals surface area contributed by atoms with Crippen LogP contribution in [0.4, 0.5) is 8.78 Å². The van der Waals surface area contributed by atoms with Gasteiger partial charge in [0.1, 0.15) is 45.7 Å². The zero-order valence-electron chi connectivity index (χ0n) is 42.3. The SMILES string of the molecule is CC(C)(C)c1cc(CC(=O)Cc2ccc(Oc3ccnc4[nH]c(=O)cnc34)cc2F)n(-c2ccccc2)n1.CC(C)(C)c1cc(CC(=O)Cc2ccc(Oc3ccnc4[nH]c(=O)cnc34)cc2F)n(-c2ccncc2)n1. The molecule has 0 amide bonds. The predicted molar refractivity (Wildman–Crippen MR) is 280 cm³/mol. The molecule has 384 valence electrons. The molecule has 0 radical (unpaired) electrons. The zero-order chi connectivity index (χ0) is 53.7. The Morgan fingerprint density at radius 1 is 0.526 bits per heavy atom. The second kappa shape index (κ2) is 21.6. The first-order chi connectivity index (χ1) is 36.3. The number of carbonyl (C=O) groups is 2. The molecule has 7 heterocycles. The number of benzene rings is 3. The van der Waals surface area contributed by atoms with Crippen LogP contribution in [0.5, 0.6) is 23.0 Å². The van der Waals surface area contributed by atoms with E-state index >= 15 is 0 Å². The molecule has 10 rings (SSSR count). The first kappa shape index (κ1) is 51.5. The summed E-state index contributed by atoms with van der Waals surface area (Å²) in [4.78, 5) is 74.5. The van der Waals surface area contributed by atoms with E-state index in [9.17, 15) is 28.0 Å². The van der Waals surface area contributed by atoms with E-state index in [0.717, 1.165) is 46.5 Å². The second-order valence-electron chi connectivity index (χ2n) is 19.9. The minimum atomic E-state index is -0.561. The van der Waals surface area contributed by atoms with Crippen LogP contribution in [0.15, 0.2) is 150 Å². The maximum atomic E-state index is 15.0. The van der Waals surface area contributed by atoms with Gasteiger partial charge in [-0.1, -0.05) is 71.9 Å². The molecule has 0 spiro atoms. The summed E-state index contributed by atoms with van der Waals surface area (Å²) in [6.45, 7) is 12.4. The fraction of sp³-hybridized carbons (Fsp3) is 0.211. The van der Waals surface area contributed by atoms with Crippen molar-refractivity contribution in [3.8, 4) is 34.4 Å². The summed E-state index contributed by atoms with van der Waals surface area (Å²) in [6, 6.07) is 29.0. The number of ketones is 2. The van der Waals surface area contributed by atoms with E-state index in [1.165, 1.54) is 36.7 Å². The minimum Gasteiger partial charge on any atom is -0.455 e. The Morgan fingerprint density at radius 2 is 0.961 bits per heavy atom. The topological polar surface area (TPSA) is 218 Å². The first-order valence-corrected chi connectivity index (χ1v) is 24.1. The monoisotopic (exact) mass is 1020 g/mol. The number of carbonyl (C=O) groups excluding carboxylic acids is 2. The number of ether oxygens (including phenoxy) is 2. The van der Waals surface area contributed by atoms with Gasteiger partial charge in [-0.2, -0.15) is 10.2 Å².